The first-order valence-electron chi connectivity index (χ1n) is 5.39. The molecule has 0 saturated carbocycles. The van der Waals surface area contributed by atoms with Crippen LogP contribution in [0.5, 0.6) is 0 Å². The fourth-order valence-electron chi connectivity index (χ4n) is 1.37. The number of aromatic nitrogens is 3. The average molecular weight is 250 g/mol. The van der Waals surface area contributed by atoms with Crippen molar-refractivity contribution in [3.8, 4) is 0 Å². The van der Waals surface area contributed by atoms with E-state index < -0.39 is 0 Å². The van der Waals surface area contributed by atoms with Gasteiger partial charge in [-0.25, -0.2) is 9.97 Å². The van der Waals surface area contributed by atoms with E-state index in [-0.39, 0.29) is 5.56 Å². The van der Waals surface area contributed by atoms with Gasteiger partial charge in [0.05, 0.1) is 6.54 Å². The Morgan fingerprint density at radius 2 is 2.29 bits per heavy atom. The fourth-order valence-corrected chi connectivity index (χ4v) is 2.17. The van der Waals surface area contributed by atoms with Crippen molar-refractivity contribution in [2.24, 2.45) is 7.05 Å². The summed E-state index contributed by atoms with van der Waals surface area (Å²) in [6, 6.07) is 0. The highest BCUT2D eigenvalue weighted by Gasteiger charge is 2.04. The van der Waals surface area contributed by atoms with E-state index in [0.29, 0.717) is 12.4 Å². The van der Waals surface area contributed by atoms with Crippen LogP contribution in [0.2, 0.25) is 0 Å². The molecule has 90 valence electrons. The topological polar surface area (TPSA) is 59.8 Å². The fraction of sp³-hybridized carbons (Fsp3) is 0.364. The molecule has 17 heavy (non-hydrogen) atoms. The Morgan fingerprint density at radius 3 is 3.00 bits per heavy atom. The van der Waals surface area contributed by atoms with Gasteiger partial charge in [-0.2, -0.15) is 0 Å². The summed E-state index contributed by atoms with van der Waals surface area (Å²) in [7, 11) is 1.70. The Hall–Kier alpha value is -1.69. The summed E-state index contributed by atoms with van der Waals surface area (Å²) in [5.74, 6) is 0.364. The third kappa shape index (κ3) is 2.71. The van der Waals surface area contributed by atoms with Gasteiger partial charge < -0.3 is 9.88 Å². The zero-order valence-electron chi connectivity index (χ0n) is 9.80. The molecule has 0 bridgehead atoms. The van der Waals surface area contributed by atoms with Gasteiger partial charge in [-0.3, -0.25) is 4.79 Å². The van der Waals surface area contributed by atoms with Crippen LogP contribution in [0.4, 0.5) is 5.82 Å². The first-order chi connectivity index (χ1) is 8.20. The number of hydrogen-bond acceptors (Lipinski definition) is 5. The van der Waals surface area contributed by atoms with E-state index in [0.717, 1.165) is 11.4 Å². The molecule has 0 spiro atoms. The van der Waals surface area contributed by atoms with Crippen LogP contribution in [0.1, 0.15) is 16.8 Å². The molecule has 0 aliphatic rings. The normalized spacial score (nSPS) is 10.5. The maximum Gasteiger partial charge on any atom is 0.293 e. The van der Waals surface area contributed by atoms with Crippen molar-refractivity contribution in [2.75, 3.05) is 5.32 Å². The summed E-state index contributed by atoms with van der Waals surface area (Å²) in [5.41, 5.74) is -0.125. The van der Waals surface area contributed by atoms with Crippen LogP contribution >= 0.6 is 11.3 Å². The third-order valence-corrected chi connectivity index (χ3v) is 3.52. The van der Waals surface area contributed by atoms with Crippen molar-refractivity contribution in [2.45, 2.75) is 19.9 Å². The standard InChI is InChI=1S/C11H14N4OS/c1-3-8-6-13-9(17-8)7-14-10-11(16)15(2)5-4-12-10/h4-6H,3,7H2,1-2H3,(H,12,14). The average Bonchev–Trinajstić information content (AvgIpc) is 2.79. The molecule has 2 aromatic heterocycles. The highest BCUT2D eigenvalue weighted by Crippen LogP contribution is 2.13. The van der Waals surface area contributed by atoms with Gasteiger partial charge in [0, 0.05) is 30.5 Å². The molecular formula is C11H14N4OS. The molecule has 0 fully saturated rings. The lowest BCUT2D eigenvalue weighted by atomic mass is 10.4. The van der Waals surface area contributed by atoms with Crippen LogP contribution in [0.15, 0.2) is 23.4 Å². The summed E-state index contributed by atoms with van der Waals surface area (Å²) in [6.07, 6.45) is 6.09. The minimum absolute atomic E-state index is 0.125. The number of rotatable bonds is 4. The van der Waals surface area contributed by atoms with Crippen LogP contribution in [0.3, 0.4) is 0 Å². The molecule has 6 heteroatoms. The zero-order chi connectivity index (χ0) is 12.3. The van der Waals surface area contributed by atoms with E-state index >= 15 is 0 Å². The zero-order valence-corrected chi connectivity index (χ0v) is 10.6. The van der Waals surface area contributed by atoms with E-state index in [2.05, 4.69) is 22.2 Å². The van der Waals surface area contributed by atoms with E-state index in [9.17, 15) is 4.79 Å². The van der Waals surface area contributed by atoms with Crippen LogP contribution in [0.25, 0.3) is 0 Å². The molecule has 0 aliphatic heterocycles. The number of thiazole rings is 1. The highest BCUT2D eigenvalue weighted by molar-refractivity contribution is 7.11. The SMILES string of the molecule is CCc1cnc(CNc2nccn(C)c2=O)s1. The summed E-state index contributed by atoms with van der Waals surface area (Å²) >= 11 is 1.65. The highest BCUT2D eigenvalue weighted by atomic mass is 32.1. The Labute approximate surface area is 103 Å². The number of anilines is 1. The Kier molecular flexibility index (Phi) is 3.53. The van der Waals surface area contributed by atoms with Gasteiger partial charge in [-0.1, -0.05) is 6.92 Å². The van der Waals surface area contributed by atoms with Gasteiger partial charge in [0.25, 0.3) is 5.56 Å². The van der Waals surface area contributed by atoms with Crippen LogP contribution in [-0.4, -0.2) is 14.5 Å². The molecule has 0 amide bonds. The molecule has 0 atom stereocenters. The predicted octanol–water partition coefficient (Wildman–Crippen LogP) is 1.41. The number of nitrogens with zero attached hydrogens (tertiary/aromatic N) is 3. The molecule has 0 aliphatic carbocycles. The minimum Gasteiger partial charge on any atom is -0.359 e. The van der Waals surface area contributed by atoms with Crippen LogP contribution in [0, 0.1) is 0 Å². The molecule has 2 rings (SSSR count). The molecule has 0 unspecified atom stereocenters. The summed E-state index contributed by atoms with van der Waals surface area (Å²) in [6.45, 7) is 2.64. The Morgan fingerprint density at radius 1 is 1.47 bits per heavy atom. The molecule has 2 heterocycles. The maximum absolute atomic E-state index is 11.7. The number of aryl methyl sites for hydroxylation is 2. The van der Waals surface area contributed by atoms with Crippen LogP contribution in [-0.2, 0) is 20.0 Å². The number of nitrogens with one attached hydrogen (secondary N) is 1. The summed E-state index contributed by atoms with van der Waals surface area (Å²) in [5, 5.41) is 3.98. The van der Waals surface area contributed by atoms with E-state index in [1.165, 1.54) is 9.44 Å². The predicted molar refractivity (Wildman–Crippen MR) is 68.3 cm³/mol. The quantitative estimate of drug-likeness (QED) is 0.891. The van der Waals surface area contributed by atoms with Gasteiger partial charge >= 0.3 is 0 Å². The van der Waals surface area contributed by atoms with Gasteiger partial charge in [0.2, 0.25) is 0 Å². The maximum atomic E-state index is 11.7. The van der Waals surface area contributed by atoms with Crippen molar-refractivity contribution >= 4 is 17.2 Å². The van der Waals surface area contributed by atoms with Crippen LogP contribution < -0.4 is 10.9 Å². The third-order valence-electron chi connectivity index (χ3n) is 2.37. The lowest BCUT2D eigenvalue weighted by Gasteiger charge is -2.03. The second kappa shape index (κ2) is 5.09. The molecule has 0 aromatic carbocycles. The largest absolute Gasteiger partial charge is 0.359 e. The molecular weight excluding hydrogens is 236 g/mol. The second-order valence-corrected chi connectivity index (χ2v) is 4.82. The Bertz CT molecular complexity index is 561. The number of hydrogen-bond donors (Lipinski definition) is 1. The van der Waals surface area contributed by atoms with Crippen molar-refractivity contribution in [1.29, 1.82) is 0 Å². The Balaban J connectivity index is 2.07. The summed E-state index contributed by atoms with van der Waals surface area (Å²) in [4.78, 5) is 21.2. The molecule has 0 saturated heterocycles. The first-order valence-corrected chi connectivity index (χ1v) is 6.21. The summed E-state index contributed by atoms with van der Waals surface area (Å²) < 4.78 is 1.49. The first kappa shape index (κ1) is 11.8. The van der Waals surface area contributed by atoms with Gasteiger partial charge in [0.1, 0.15) is 5.01 Å². The molecule has 1 N–H and O–H groups in total. The van der Waals surface area contributed by atoms with Crippen molar-refractivity contribution in [1.82, 2.24) is 14.5 Å². The lowest BCUT2D eigenvalue weighted by Crippen LogP contribution is -2.21. The van der Waals surface area contributed by atoms with E-state index in [1.807, 2.05) is 6.20 Å². The van der Waals surface area contributed by atoms with Gasteiger partial charge in [0.15, 0.2) is 5.82 Å². The second-order valence-electron chi connectivity index (χ2n) is 3.62. The monoisotopic (exact) mass is 250 g/mol. The van der Waals surface area contributed by atoms with Gasteiger partial charge in [-0.05, 0) is 6.42 Å². The van der Waals surface area contributed by atoms with Crippen molar-refractivity contribution in [3.05, 3.63) is 38.8 Å². The van der Waals surface area contributed by atoms with Crippen molar-refractivity contribution < 1.29 is 0 Å². The smallest absolute Gasteiger partial charge is 0.293 e. The lowest BCUT2D eigenvalue weighted by molar-refractivity contribution is 0.839. The molecule has 2 aromatic rings. The van der Waals surface area contributed by atoms with Gasteiger partial charge in [-0.15, -0.1) is 11.3 Å². The molecule has 0 radical (unpaired) electrons. The molecule has 5 nitrogen and oxygen atoms in total. The minimum atomic E-state index is -0.125. The van der Waals surface area contributed by atoms with E-state index in [4.69, 9.17) is 0 Å². The van der Waals surface area contributed by atoms with E-state index in [1.54, 1.807) is 30.8 Å². The van der Waals surface area contributed by atoms with Crippen molar-refractivity contribution in [3.63, 3.8) is 0 Å².